The molecule has 6 heteroatoms. The standard InChI is InChI=1S/C20H21N5S/c1-12(2)24-9-8-15-16(10-24)26-20-17(15)19-22-18(23-25(19)11-21-20)14-7-5-4-6-13(14)3/h4-7,11-12H,8-10H2,1-3H3. The Morgan fingerprint density at radius 1 is 1.19 bits per heavy atom. The quantitative estimate of drug-likeness (QED) is 0.538. The minimum Gasteiger partial charge on any atom is -0.296 e. The summed E-state index contributed by atoms with van der Waals surface area (Å²) in [5.74, 6) is 0.775. The third-order valence-corrected chi connectivity index (χ3v) is 6.45. The maximum Gasteiger partial charge on any atom is 0.182 e. The molecule has 26 heavy (non-hydrogen) atoms. The predicted octanol–water partition coefficient (Wildman–Crippen LogP) is 4.08. The van der Waals surface area contributed by atoms with Crippen molar-refractivity contribution in [2.45, 2.75) is 39.8 Å². The van der Waals surface area contributed by atoms with Crippen LogP contribution in [0.2, 0.25) is 0 Å². The third-order valence-electron chi connectivity index (χ3n) is 5.32. The first-order valence-corrected chi connectivity index (χ1v) is 9.89. The van der Waals surface area contributed by atoms with Crippen LogP contribution in [0.15, 0.2) is 30.6 Å². The topological polar surface area (TPSA) is 46.3 Å². The number of hydrogen-bond donors (Lipinski definition) is 0. The molecule has 5 nitrogen and oxygen atoms in total. The third kappa shape index (κ3) is 2.36. The van der Waals surface area contributed by atoms with E-state index in [1.807, 2.05) is 28.0 Å². The van der Waals surface area contributed by atoms with Crippen LogP contribution < -0.4 is 0 Å². The number of hydrogen-bond acceptors (Lipinski definition) is 5. The molecule has 0 bridgehead atoms. The zero-order chi connectivity index (χ0) is 17.8. The van der Waals surface area contributed by atoms with Crippen LogP contribution in [0.3, 0.4) is 0 Å². The first-order chi connectivity index (χ1) is 12.6. The van der Waals surface area contributed by atoms with Crippen molar-refractivity contribution in [1.82, 2.24) is 24.5 Å². The van der Waals surface area contributed by atoms with Crippen LogP contribution >= 0.6 is 11.3 Å². The highest BCUT2D eigenvalue weighted by atomic mass is 32.1. The number of rotatable bonds is 2. The highest BCUT2D eigenvalue weighted by Crippen LogP contribution is 2.36. The van der Waals surface area contributed by atoms with Gasteiger partial charge in [-0.2, -0.15) is 0 Å². The van der Waals surface area contributed by atoms with E-state index in [-0.39, 0.29) is 0 Å². The molecule has 4 aromatic rings. The molecule has 0 aliphatic carbocycles. The SMILES string of the molecule is Cc1ccccc1-c1nc2c3c4c(sc3ncn2n1)CN(C(C)C)CC4. The van der Waals surface area contributed by atoms with Crippen LogP contribution in [0.25, 0.3) is 27.3 Å². The van der Waals surface area contributed by atoms with Gasteiger partial charge in [0.05, 0.1) is 5.39 Å². The van der Waals surface area contributed by atoms with E-state index in [0.29, 0.717) is 6.04 Å². The molecule has 0 saturated heterocycles. The normalized spacial score (nSPS) is 15.2. The Balaban J connectivity index is 1.70. The summed E-state index contributed by atoms with van der Waals surface area (Å²) in [7, 11) is 0. The number of nitrogens with zero attached hydrogens (tertiary/aromatic N) is 5. The lowest BCUT2D eigenvalue weighted by molar-refractivity contribution is 0.206. The molecule has 1 aliphatic rings. The van der Waals surface area contributed by atoms with Gasteiger partial charge in [0.15, 0.2) is 11.5 Å². The van der Waals surface area contributed by atoms with Crippen molar-refractivity contribution in [3.8, 4) is 11.4 Å². The van der Waals surface area contributed by atoms with Crippen molar-refractivity contribution in [2.24, 2.45) is 0 Å². The number of aryl methyl sites for hydroxylation is 1. The van der Waals surface area contributed by atoms with Gasteiger partial charge in [0.2, 0.25) is 0 Å². The predicted molar refractivity (Wildman–Crippen MR) is 106 cm³/mol. The minimum atomic E-state index is 0.571. The maximum atomic E-state index is 4.91. The van der Waals surface area contributed by atoms with Gasteiger partial charge < -0.3 is 0 Å². The Labute approximate surface area is 156 Å². The van der Waals surface area contributed by atoms with Crippen LogP contribution in [-0.2, 0) is 13.0 Å². The Kier molecular flexibility index (Phi) is 3.58. The summed E-state index contributed by atoms with van der Waals surface area (Å²) in [6, 6.07) is 8.83. The number of benzene rings is 1. The molecule has 0 saturated carbocycles. The Hall–Kier alpha value is -2.31. The first-order valence-electron chi connectivity index (χ1n) is 9.07. The van der Waals surface area contributed by atoms with E-state index < -0.39 is 0 Å². The molecule has 0 spiro atoms. The fourth-order valence-corrected chi connectivity index (χ4v) is 5.00. The molecule has 0 amide bonds. The molecule has 1 aliphatic heterocycles. The van der Waals surface area contributed by atoms with Crippen LogP contribution in [0.4, 0.5) is 0 Å². The molecule has 0 unspecified atom stereocenters. The van der Waals surface area contributed by atoms with Crippen molar-refractivity contribution in [3.05, 3.63) is 46.6 Å². The summed E-state index contributed by atoms with van der Waals surface area (Å²) in [6.45, 7) is 8.74. The monoisotopic (exact) mass is 363 g/mol. The van der Waals surface area contributed by atoms with Crippen molar-refractivity contribution in [1.29, 1.82) is 0 Å². The minimum absolute atomic E-state index is 0.571. The summed E-state index contributed by atoms with van der Waals surface area (Å²) in [5, 5.41) is 5.90. The largest absolute Gasteiger partial charge is 0.296 e. The molecule has 4 heterocycles. The maximum absolute atomic E-state index is 4.91. The van der Waals surface area contributed by atoms with Gasteiger partial charge in [-0.15, -0.1) is 16.4 Å². The van der Waals surface area contributed by atoms with Crippen molar-refractivity contribution in [3.63, 3.8) is 0 Å². The molecule has 5 rings (SSSR count). The van der Waals surface area contributed by atoms with E-state index in [2.05, 4.69) is 42.8 Å². The molecule has 132 valence electrons. The second kappa shape index (κ2) is 5.86. The fraction of sp³-hybridized carbons (Fsp3) is 0.350. The van der Waals surface area contributed by atoms with E-state index in [1.54, 1.807) is 6.33 Å². The molecule has 0 radical (unpaired) electrons. The van der Waals surface area contributed by atoms with E-state index in [1.165, 1.54) is 21.4 Å². The average Bonchev–Trinajstić information content (AvgIpc) is 3.21. The number of aromatic nitrogens is 4. The zero-order valence-electron chi connectivity index (χ0n) is 15.2. The van der Waals surface area contributed by atoms with Gasteiger partial charge >= 0.3 is 0 Å². The lowest BCUT2D eigenvalue weighted by atomic mass is 10.0. The van der Waals surface area contributed by atoms with Crippen molar-refractivity contribution in [2.75, 3.05) is 6.54 Å². The van der Waals surface area contributed by atoms with Gasteiger partial charge in [0.25, 0.3) is 0 Å². The molecule has 3 aromatic heterocycles. The average molecular weight is 363 g/mol. The second-order valence-corrected chi connectivity index (χ2v) is 8.34. The van der Waals surface area contributed by atoms with Crippen LogP contribution in [-0.4, -0.2) is 37.1 Å². The van der Waals surface area contributed by atoms with E-state index >= 15 is 0 Å². The lowest BCUT2D eigenvalue weighted by Gasteiger charge is -2.30. The van der Waals surface area contributed by atoms with E-state index in [4.69, 9.17) is 10.1 Å². The smallest absolute Gasteiger partial charge is 0.182 e. The highest BCUT2D eigenvalue weighted by Gasteiger charge is 2.25. The molecule has 1 aromatic carbocycles. The molecule has 0 N–H and O–H groups in total. The van der Waals surface area contributed by atoms with Crippen molar-refractivity contribution < 1.29 is 0 Å². The van der Waals surface area contributed by atoms with Crippen LogP contribution in [0.1, 0.15) is 29.9 Å². The van der Waals surface area contributed by atoms with E-state index in [9.17, 15) is 0 Å². The van der Waals surface area contributed by atoms with Gasteiger partial charge in [-0.3, -0.25) is 4.90 Å². The summed E-state index contributed by atoms with van der Waals surface area (Å²) < 4.78 is 1.84. The van der Waals surface area contributed by atoms with Gasteiger partial charge in [-0.25, -0.2) is 14.5 Å². The Bertz CT molecular complexity index is 1120. The Morgan fingerprint density at radius 3 is 2.85 bits per heavy atom. The van der Waals surface area contributed by atoms with Gasteiger partial charge in [0, 0.05) is 29.6 Å². The van der Waals surface area contributed by atoms with Gasteiger partial charge in [0.1, 0.15) is 11.2 Å². The van der Waals surface area contributed by atoms with Gasteiger partial charge in [-0.05, 0) is 38.3 Å². The van der Waals surface area contributed by atoms with Crippen LogP contribution in [0.5, 0.6) is 0 Å². The second-order valence-electron chi connectivity index (χ2n) is 7.26. The first kappa shape index (κ1) is 15.9. The molecular formula is C20H21N5S. The zero-order valence-corrected chi connectivity index (χ0v) is 16.0. The fourth-order valence-electron chi connectivity index (χ4n) is 3.79. The molecule has 0 atom stereocenters. The number of fused-ring (bicyclic) bond motifs is 5. The van der Waals surface area contributed by atoms with Crippen LogP contribution in [0, 0.1) is 6.92 Å². The highest BCUT2D eigenvalue weighted by molar-refractivity contribution is 7.19. The molecular weight excluding hydrogens is 342 g/mol. The van der Waals surface area contributed by atoms with Gasteiger partial charge in [-0.1, -0.05) is 24.3 Å². The summed E-state index contributed by atoms with van der Waals surface area (Å²) in [6.07, 6.45) is 2.86. The van der Waals surface area contributed by atoms with Crippen molar-refractivity contribution >= 4 is 27.2 Å². The van der Waals surface area contributed by atoms with E-state index in [0.717, 1.165) is 41.4 Å². The summed E-state index contributed by atoms with van der Waals surface area (Å²) >= 11 is 1.81. The summed E-state index contributed by atoms with van der Waals surface area (Å²) in [4.78, 5) is 14.6. The Morgan fingerprint density at radius 2 is 2.04 bits per heavy atom. The number of thiophene rings is 1. The lowest BCUT2D eigenvalue weighted by Crippen LogP contribution is -2.35. The summed E-state index contributed by atoms with van der Waals surface area (Å²) in [5.41, 5.74) is 4.62. The molecule has 0 fully saturated rings.